The van der Waals surface area contributed by atoms with E-state index in [2.05, 4.69) is 15.0 Å². The number of carboxylic acids is 2. The molecule has 120 valence electrons. The first-order chi connectivity index (χ1) is 9.79. The van der Waals surface area contributed by atoms with Gasteiger partial charge < -0.3 is 15.1 Å². The number of hydrogen-bond donors (Lipinski definition) is 4. The molecule has 1 saturated carbocycles. The second-order valence-electron chi connectivity index (χ2n) is 4.77. The summed E-state index contributed by atoms with van der Waals surface area (Å²) < 4.78 is 0. The van der Waals surface area contributed by atoms with Crippen LogP contribution in [0, 0.1) is 10.1 Å². The van der Waals surface area contributed by atoms with E-state index in [1.165, 1.54) is 0 Å². The maximum atomic E-state index is 11.2. The average molecular weight is 307 g/mol. The van der Waals surface area contributed by atoms with Gasteiger partial charge in [0.15, 0.2) is 0 Å². The standard InChI is InChI=1S/C10H17N3O8/c11-21-10(9(16)17,5-8(14)15)12-6-1-3-7(4-2-6)20-13(18)19/h6-7,12H,1-5,11H2,(H,14,15)(H,16,17)/t6-,7-,10?. The molecule has 11 nitrogen and oxygen atoms in total. The molecule has 0 saturated heterocycles. The molecule has 0 aromatic rings. The molecule has 1 aliphatic carbocycles. The van der Waals surface area contributed by atoms with E-state index in [9.17, 15) is 19.7 Å². The molecule has 1 fully saturated rings. The Labute approximate surface area is 119 Å². The monoisotopic (exact) mass is 307 g/mol. The summed E-state index contributed by atoms with van der Waals surface area (Å²) >= 11 is 0. The van der Waals surface area contributed by atoms with Gasteiger partial charge in [-0.2, -0.15) is 0 Å². The van der Waals surface area contributed by atoms with Crippen LogP contribution in [0.2, 0.25) is 0 Å². The van der Waals surface area contributed by atoms with Crippen molar-refractivity contribution in [1.82, 2.24) is 5.32 Å². The highest BCUT2D eigenvalue weighted by Gasteiger charge is 2.44. The maximum absolute atomic E-state index is 11.2. The Morgan fingerprint density at radius 2 is 1.90 bits per heavy atom. The number of carboxylic acid groups (broad SMARTS) is 2. The molecule has 1 rings (SSSR count). The lowest BCUT2D eigenvalue weighted by atomic mass is 9.91. The Morgan fingerprint density at radius 1 is 1.33 bits per heavy atom. The van der Waals surface area contributed by atoms with Gasteiger partial charge >= 0.3 is 11.9 Å². The molecule has 11 heteroatoms. The largest absolute Gasteiger partial charge is 0.481 e. The third-order valence-electron chi connectivity index (χ3n) is 3.29. The molecule has 0 aromatic heterocycles. The zero-order chi connectivity index (χ0) is 16.0. The van der Waals surface area contributed by atoms with Crippen LogP contribution in [0.5, 0.6) is 0 Å². The zero-order valence-electron chi connectivity index (χ0n) is 11.1. The van der Waals surface area contributed by atoms with Gasteiger partial charge in [0.25, 0.3) is 5.09 Å². The van der Waals surface area contributed by atoms with Crippen molar-refractivity contribution in [2.24, 2.45) is 5.90 Å². The summed E-state index contributed by atoms with van der Waals surface area (Å²) in [6.45, 7) is 0. The fraction of sp³-hybridized carbons (Fsp3) is 0.800. The van der Waals surface area contributed by atoms with Gasteiger partial charge in [-0.1, -0.05) is 0 Å². The van der Waals surface area contributed by atoms with Crippen LogP contribution >= 0.6 is 0 Å². The van der Waals surface area contributed by atoms with Gasteiger partial charge in [0.05, 0.1) is 0 Å². The summed E-state index contributed by atoms with van der Waals surface area (Å²) in [6, 6.07) is -0.393. The quantitative estimate of drug-likeness (QED) is 0.253. The molecule has 0 heterocycles. The first-order valence-corrected chi connectivity index (χ1v) is 6.21. The van der Waals surface area contributed by atoms with E-state index in [1.807, 2.05) is 0 Å². The lowest BCUT2D eigenvalue weighted by Crippen LogP contribution is -2.60. The van der Waals surface area contributed by atoms with Crippen LogP contribution in [0.25, 0.3) is 0 Å². The number of nitrogens with one attached hydrogen (secondary N) is 1. The summed E-state index contributed by atoms with van der Waals surface area (Å²) in [5, 5.41) is 29.8. The van der Waals surface area contributed by atoms with Crippen molar-refractivity contribution in [2.45, 2.75) is 50.0 Å². The van der Waals surface area contributed by atoms with Crippen LogP contribution in [0.4, 0.5) is 0 Å². The maximum Gasteiger partial charge on any atom is 0.354 e. The van der Waals surface area contributed by atoms with Gasteiger partial charge in [0.1, 0.15) is 12.5 Å². The van der Waals surface area contributed by atoms with E-state index in [-0.39, 0.29) is 0 Å². The average Bonchev–Trinajstić information content (AvgIpc) is 2.38. The first-order valence-electron chi connectivity index (χ1n) is 6.21. The number of nitrogens with zero attached hydrogens (tertiary/aromatic N) is 1. The Balaban J connectivity index is 2.63. The Morgan fingerprint density at radius 3 is 2.29 bits per heavy atom. The normalized spacial score (nSPS) is 24.8. The molecule has 1 atom stereocenters. The molecule has 1 unspecified atom stereocenters. The smallest absolute Gasteiger partial charge is 0.354 e. The summed E-state index contributed by atoms with van der Waals surface area (Å²) in [7, 11) is 0. The second-order valence-corrected chi connectivity index (χ2v) is 4.77. The van der Waals surface area contributed by atoms with Crippen molar-refractivity contribution in [2.75, 3.05) is 0 Å². The lowest BCUT2D eigenvalue weighted by Gasteiger charge is -2.34. The van der Waals surface area contributed by atoms with Gasteiger partial charge in [-0.3, -0.25) is 14.9 Å². The molecular formula is C10H17N3O8. The van der Waals surface area contributed by atoms with E-state index < -0.39 is 41.3 Å². The van der Waals surface area contributed by atoms with Crippen molar-refractivity contribution >= 4 is 11.9 Å². The summed E-state index contributed by atoms with van der Waals surface area (Å²) in [5.74, 6) is 2.01. The minimum Gasteiger partial charge on any atom is -0.481 e. The molecule has 1 aliphatic rings. The fourth-order valence-electron chi connectivity index (χ4n) is 2.29. The highest BCUT2D eigenvalue weighted by Crippen LogP contribution is 2.24. The topological polar surface area (TPSA) is 174 Å². The fourth-order valence-corrected chi connectivity index (χ4v) is 2.29. The predicted octanol–water partition coefficient (Wildman–Crippen LogP) is -0.759. The van der Waals surface area contributed by atoms with Crippen LogP contribution in [-0.4, -0.2) is 45.1 Å². The van der Waals surface area contributed by atoms with Crippen LogP contribution in [0.15, 0.2) is 0 Å². The van der Waals surface area contributed by atoms with Crippen LogP contribution in [0.1, 0.15) is 32.1 Å². The van der Waals surface area contributed by atoms with Crippen LogP contribution in [0.3, 0.4) is 0 Å². The highest BCUT2D eigenvalue weighted by molar-refractivity contribution is 5.83. The minimum atomic E-state index is -2.23. The molecule has 0 bridgehead atoms. The van der Waals surface area contributed by atoms with E-state index in [4.69, 9.17) is 16.1 Å². The van der Waals surface area contributed by atoms with Crippen LogP contribution < -0.4 is 11.2 Å². The van der Waals surface area contributed by atoms with Gasteiger partial charge in [0, 0.05) is 6.04 Å². The minimum absolute atomic E-state index is 0.339. The van der Waals surface area contributed by atoms with Crippen molar-refractivity contribution < 1.29 is 34.6 Å². The first kappa shape index (κ1) is 17.1. The number of rotatable bonds is 8. The Bertz CT molecular complexity index is 409. The molecular weight excluding hydrogens is 290 g/mol. The van der Waals surface area contributed by atoms with Crippen molar-refractivity contribution in [3.05, 3.63) is 10.1 Å². The lowest BCUT2D eigenvalue weighted by molar-refractivity contribution is -0.769. The van der Waals surface area contributed by atoms with E-state index in [0.29, 0.717) is 25.7 Å². The third-order valence-corrected chi connectivity index (χ3v) is 3.29. The van der Waals surface area contributed by atoms with Gasteiger partial charge in [-0.15, -0.1) is 10.1 Å². The summed E-state index contributed by atoms with van der Waals surface area (Å²) in [5.41, 5.74) is -2.23. The molecule has 0 spiro atoms. The molecule has 0 aromatic carbocycles. The molecule has 5 N–H and O–H groups in total. The number of carbonyl (C=O) groups is 2. The van der Waals surface area contributed by atoms with E-state index in [1.54, 1.807) is 0 Å². The van der Waals surface area contributed by atoms with Crippen molar-refractivity contribution in [1.29, 1.82) is 0 Å². The Hall–Kier alpha value is -1.98. The molecule has 21 heavy (non-hydrogen) atoms. The number of nitrogens with two attached hydrogens (primary N) is 1. The van der Waals surface area contributed by atoms with Crippen molar-refractivity contribution in [3.63, 3.8) is 0 Å². The number of aliphatic carboxylic acids is 2. The third kappa shape index (κ3) is 4.81. The number of hydrogen-bond acceptors (Lipinski definition) is 8. The summed E-state index contributed by atoms with van der Waals surface area (Å²) in [4.78, 5) is 41.0. The second kappa shape index (κ2) is 7.15. The van der Waals surface area contributed by atoms with Gasteiger partial charge in [-0.25, -0.2) is 10.7 Å². The Kier molecular flexibility index (Phi) is 5.81. The molecule has 0 radical (unpaired) electrons. The summed E-state index contributed by atoms with van der Waals surface area (Å²) in [6.07, 6.45) is 0.0189. The predicted molar refractivity (Wildman–Crippen MR) is 65.2 cm³/mol. The van der Waals surface area contributed by atoms with E-state index >= 15 is 0 Å². The zero-order valence-corrected chi connectivity index (χ0v) is 11.1. The van der Waals surface area contributed by atoms with E-state index in [0.717, 1.165) is 0 Å². The highest BCUT2D eigenvalue weighted by atomic mass is 17.0. The van der Waals surface area contributed by atoms with Gasteiger partial charge in [-0.05, 0) is 25.7 Å². The SMILES string of the molecule is NOC(CC(=O)O)(N[C@H]1CC[C@H](O[N+](=O)[O-])CC1)C(=O)O. The van der Waals surface area contributed by atoms with Crippen LogP contribution in [-0.2, 0) is 19.3 Å². The van der Waals surface area contributed by atoms with Gasteiger partial charge in [0.2, 0.25) is 5.72 Å². The van der Waals surface area contributed by atoms with Crippen molar-refractivity contribution in [3.8, 4) is 0 Å². The molecule has 0 aliphatic heterocycles. The molecule has 0 amide bonds.